The first kappa shape index (κ1) is 20.2. The molecule has 0 fully saturated rings. The van der Waals surface area contributed by atoms with E-state index in [0.29, 0.717) is 20.5 Å². The van der Waals surface area contributed by atoms with Gasteiger partial charge >= 0.3 is 6.03 Å². The van der Waals surface area contributed by atoms with Crippen LogP contribution in [0.1, 0.15) is 5.56 Å². The second-order valence-corrected chi connectivity index (χ2v) is 8.37. The maximum Gasteiger partial charge on any atom is 0.321 e. The second kappa shape index (κ2) is 9.58. The number of nitrogens with zero attached hydrogens (tertiary/aromatic N) is 2. The van der Waals surface area contributed by atoms with E-state index in [9.17, 15) is 14.0 Å². The zero-order chi connectivity index (χ0) is 19.9. The highest BCUT2D eigenvalue weighted by molar-refractivity contribution is 8.01. The number of imide groups is 1. The molecule has 144 valence electrons. The lowest BCUT2D eigenvalue weighted by molar-refractivity contribution is -0.117. The van der Waals surface area contributed by atoms with Crippen molar-refractivity contribution in [1.29, 1.82) is 0 Å². The van der Waals surface area contributed by atoms with Crippen LogP contribution in [0.3, 0.4) is 0 Å². The maximum absolute atomic E-state index is 13.0. The summed E-state index contributed by atoms with van der Waals surface area (Å²) in [6.45, 7) is 0.330. The van der Waals surface area contributed by atoms with Gasteiger partial charge in [0.1, 0.15) is 5.82 Å². The Kier molecular flexibility index (Phi) is 6.90. The number of hydrogen-bond acceptors (Lipinski definition) is 6. The number of rotatable bonds is 6. The summed E-state index contributed by atoms with van der Waals surface area (Å²) in [6.07, 6.45) is 0. The first-order chi connectivity index (χ1) is 13.5. The van der Waals surface area contributed by atoms with Crippen LogP contribution in [0.2, 0.25) is 0 Å². The van der Waals surface area contributed by atoms with Crippen LogP contribution >= 0.6 is 35.3 Å². The van der Waals surface area contributed by atoms with Crippen LogP contribution in [0.25, 0.3) is 5.69 Å². The van der Waals surface area contributed by atoms with E-state index in [1.165, 1.54) is 39.9 Å². The van der Waals surface area contributed by atoms with Crippen molar-refractivity contribution in [3.63, 3.8) is 0 Å². The Hall–Kier alpha value is -2.56. The fraction of sp³-hybridized carbons (Fsp3) is 0.111. The molecular formula is C18H15FN4O2S3. The van der Waals surface area contributed by atoms with Gasteiger partial charge in [0.2, 0.25) is 5.91 Å². The summed E-state index contributed by atoms with van der Waals surface area (Å²) in [5.74, 6) is -0.767. The molecule has 0 aliphatic carbocycles. The molecule has 2 aromatic carbocycles. The standard InChI is InChI=1S/C18H15FN4O2S3/c19-13-6-8-14(9-7-13)23-18(26)28-17(22-23)27-11-15(24)21-16(25)20-10-12-4-2-1-3-5-12/h1-9H,10-11H2,(H2,20,21,24,25). The van der Waals surface area contributed by atoms with E-state index in [0.717, 1.165) is 5.56 Å². The van der Waals surface area contributed by atoms with E-state index in [-0.39, 0.29) is 11.6 Å². The van der Waals surface area contributed by atoms with Crippen molar-refractivity contribution in [1.82, 2.24) is 20.4 Å². The molecule has 3 aromatic rings. The third-order valence-corrected chi connectivity index (χ3v) is 5.84. The quantitative estimate of drug-likeness (QED) is 0.454. The summed E-state index contributed by atoms with van der Waals surface area (Å²) < 4.78 is 15.6. The minimum Gasteiger partial charge on any atom is -0.334 e. The van der Waals surface area contributed by atoms with Crippen molar-refractivity contribution >= 4 is 47.3 Å². The Morgan fingerprint density at radius 3 is 2.57 bits per heavy atom. The normalized spacial score (nSPS) is 10.5. The highest BCUT2D eigenvalue weighted by atomic mass is 32.2. The Labute approximate surface area is 173 Å². The highest BCUT2D eigenvalue weighted by Crippen LogP contribution is 2.24. The van der Waals surface area contributed by atoms with E-state index in [1.807, 2.05) is 30.3 Å². The Bertz CT molecular complexity index is 1020. The number of carbonyl (C=O) groups excluding carboxylic acids is 2. The first-order valence-corrected chi connectivity index (χ1v) is 10.3. The van der Waals surface area contributed by atoms with Crippen LogP contribution in [0, 0.1) is 9.77 Å². The number of nitrogens with one attached hydrogen (secondary N) is 2. The van der Waals surface area contributed by atoms with Gasteiger partial charge in [-0.15, -0.1) is 5.10 Å². The van der Waals surface area contributed by atoms with Gasteiger partial charge in [0.25, 0.3) is 0 Å². The summed E-state index contributed by atoms with van der Waals surface area (Å²) in [6, 6.07) is 14.6. The van der Waals surface area contributed by atoms with Crippen molar-refractivity contribution in [2.24, 2.45) is 0 Å². The van der Waals surface area contributed by atoms with E-state index in [1.54, 1.807) is 12.1 Å². The summed E-state index contributed by atoms with van der Waals surface area (Å²) >= 11 is 7.67. The largest absolute Gasteiger partial charge is 0.334 e. The molecule has 0 aliphatic heterocycles. The molecule has 0 radical (unpaired) electrons. The molecule has 0 aliphatic rings. The number of urea groups is 1. The van der Waals surface area contributed by atoms with Crippen molar-refractivity contribution < 1.29 is 14.0 Å². The van der Waals surface area contributed by atoms with Gasteiger partial charge in [0.15, 0.2) is 8.29 Å². The lowest BCUT2D eigenvalue weighted by Gasteiger charge is -2.06. The van der Waals surface area contributed by atoms with Gasteiger partial charge in [-0.1, -0.05) is 53.4 Å². The molecule has 0 saturated heterocycles. The topological polar surface area (TPSA) is 76.0 Å². The lowest BCUT2D eigenvalue weighted by Crippen LogP contribution is -2.39. The lowest BCUT2D eigenvalue weighted by atomic mass is 10.2. The number of thioether (sulfide) groups is 1. The van der Waals surface area contributed by atoms with Gasteiger partial charge in [-0.25, -0.2) is 13.9 Å². The zero-order valence-electron chi connectivity index (χ0n) is 14.4. The van der Waals surface area contributed by atoms with Gasteiger partial charge in [0.05, 0.1) is 11.4 Å². The number of carbonyl (C=O) groups is 2. The van der Waals surface area contributed by atoms with E-state index < -0.39 is 11.9 Å². The second-order valence-electron chi connectivity index (χ2n) is 5.53. The average molecular weight is 435 g/mol. The third kappa shape index (κ3) is 5.72. The van der Waals surface area contributed by atoms with Gasteiger partial charge in [-0.2, -0.15) is 0 Å². The predicted octanol–water partition coefficient (Wildman–Crippen LogP) is 3.92. The molecule has 10 heteroatoms. The molecule has 1 aromatic heterocycles. The van der Waals surface area contributed by atoms with Crippen LogP contribution in [0.5, 0.6) is 0 Å². The van der Waals surface area contributed by atoms with Gasteiger partial charge in [0, 0.05) is 6.54 Å². The molecule has 3 amide bonds. The molecule has 3 rings (SSSR count). The fourth-order valence-corrected chi connectivity index (χ4v) is 4.34. The predicted molar refractivity (Wildman–Crippen MR) is 110 cm³/mol. The molecule has 0 bridgehead atoms. The van der Waals surface area contributed by atoms with Crippen molar-refractivity contribution in [3.05, 3.63) is 69.9 Å². The summed E-state index contributed by atoms with van der Waals surface area (Å²) in [5, 5.41) is 9.22. The van der Waals surface area contributed by atoms with Crippen molar-refractivity contribution in [2.75, 3.05) is 5.75 Å². The summed E-state index contributed by atoms with van der Waals surface area (Å²) in [4.78, 5) is 23.7. The molecule has 6 nitrogen and oxygen atoms in total. The maximum atomic E-state index is 13.0. The van der Waals surface area contributed by atoms with Crippen LogP contribution in [0.15, 0.2) is 58.9 Å². The van der Waals surface area contributed by atoms with Crippen molar-refractivity contribution in [2.45, 2.75) is 10.9 Å². The SMILES string of the molecule is O=C(CSc1nn(-c2ccc(F)cc2)c(=S)s1)NC(=O)NCc1ccccc1. The molecule has 0 atom stereocenters. The van der Waals surface area contributed by atoms with Crippen LogP contribution in [0.4, 0.5) is 9.18 Å². The highest BCUT2D eigenvalue weighted by Gasteiger charge is 2.11. The van der Waals surface area contributed by atoms with Gasteiger partial charge < -0.3 is 5.32 Å². The molecule has 2 N–H and O–H groups in total. The molecule has 0 spiro atoms. The van der Waals surface area contributed by atoms with Gasteiger partial charge in [-0.05, 0) is 42.0 Å². The van der Waals surface area contributed by atoms with Crippen LogP contribution in [-0.2, 0) is 11.3 Å². The minimum atomic E-state index is -0.557. The monoisotopic (exact) mass is 434 g/mol. The Morgan fingerprint density at radius 2 is 1.86 bits per heavy atom. The van der Waals surface area contributed by atoms with Crippen LogP contribution < -0.4 is 10.6 Å². The van der Waals surface area contributed by atoms with E-state index >= 15 is 0 Å². The third-order valence-electron chi connectivity index (χ3n) is 3.48. The zero-order valence-corrected chi connectivity index (χ0v) is 16.9. The smallest absolute Gasteiger partial charge is 0.321 e. The number of benzene rings is 2. The number of hydrogen-bond donors (Lipinski definition) is 2. The molecule has 28 heavy (non-hydrogen) atoms. The average Bonchev–Trinajstić information content (AvgIpc) is 3.07. The molecule has 1 heterocycles. The Balaban J connectivity index is 1.49. The number of amides is 3. The van der Waals surface area contributed by atoms with Crippen LogP contribution in [-0.4, -0.2) is 27.5 Å². The fourth-order valence-electron chi connectivity index (χ4n) is 2.18. The minimum absolute atomic E-state index is 0.0183. The molecular weight excluding hydrogens is 419 g/mol. The number of halogens is 1. The Morgan fingerprint density at radius 1 is 1.14 bits per heavy atom. The summed E-state index contributed by atoms with van der Waals surface area (Å²) in [7, 11) is 0. The van der Waals surface area contributed by atoms with Gasteiger partial charge in [-0.3, -0.25) is 10.1 Å². The van der Waals surface area contributed by atoms with E-state index in [2.05, 4.69) is 15.7 Å². The van der Waals surface area contributed by atoms with Crippen molar-refractivity contribution in [3.8, 4) is 5.69 Å². The number of aromatic nitrogens is 2. The molecule has 0 unspecified atom stereocenters. The van der Waals surface area contributed by atoms with E-state index in [4.69, 9.17) is 12.2 Å². The first-order valence-electron chi connectivity index (χ1n) is 8.12. The molecule has 0 saturated carbocycles. The summed E-state index contributed by atoms with van der Waals surface area (Å²) in [5.41, 5.74) is 1.57.